The fraction of sp³-hybridized carbons (Fsp3) is 0.562. The molecule has 0 saturated carbocycles. The number of nitrogens with zero attached hydrogens (tertiary/aromatic N) is 1. The van der Waals surface area contributed by atoms with Crippen LogP contribution in [0.2, 0.25) is 0 Å². The molecule has 1 aliphatic rings. The Morgan fingerprint density at radius 3 is 3.00 bits per heavy atom. The third-order valence-electron chi connectivity index (χ3n) is 3.98. The van der Waals surface area contributed by atoms with Crippen LogP contribution in [0.3, 0.4) is 0 Å². The summed E-state index contributed by atoms with van der Waals surface area (Å²) in [6.45, 7) is 5.92. The molecule has 0 radical (unpaired) electrons. The molecule has 1 atom stereocenters. The Morgan fingerprint density at radius 1 is 1.45 bits per heavy atom. The van der Waals surface area contributed by atoms with Gasteiger partial charge in [-0.25, -0.2) is 4.79 Å². The zero-order valence-corrected chi connectivity index (χ0v) is 12.1. The van der Waals surface area contributed by atoms with Gasteiger partial charge in [0.1, 0.15) is 0 Å². The second-order valence-electron chi connectivity index (χ2n) is 5.43. The van der Waals surface area contributed by atoms with Crippen molar-refractivity contribution in [1.82, 2.24) is 10.2 Å². The molecule has 110 valence electrons. The van der Waals surface area contributed by atoms with Crippen molar-refractivity contribution in [3.8, 4) is 0 Å². The molecule has 0 aliphatic carbocycles. The molecule has 0 aromatic heterocycles. The fourth-order valence-corrected chi connectivity index (χ4v) is 2.82. The monoisotopic (exact) mass is 276 g/mol. The third-order valence-corrected chi connectivity index (χ3v) is 3.98. The second kappa shape index (κ2) is 7.41. The predicted octanol–water partition coefficient (Wildman–Crippen LogP) is 2.35. The van der Waals surface area contributed by atoms with Gasteiger partial charge in [0.15, 0.2) is 0 Å². The van der Waals surface area contributed by atoms with Gasteiger partial charge in [-0.05, 0) is 18.1 Å². The van der Waals surface area contributed by atoms with Crippen molar-refractivity contribution >= 4 is 5.97 Å². The lowest BCUT2D eigenvalue weighted by molar-refractivity contribution is 0.0692. The molecule has 1 heterocycles. The van der Waals surface area contributed by atoms with Gasteiger partial charge in [0.2, 0.25) is 0 Å². The SMILES string of the molecule is CCCC[C@@H]1CNCCN1Cc1ccccc1C(=O)O. The standard InChI is InChI=1S/C16H24N2O2/c1-2-3-7-14-11-17-9-10-18(14)12-13-6-4-5-8-15(13)16(19)20/h4-6,8,14,17H,2-3,7,9-12H2,1H3,(H,19,20)/t14-/m1/s1. The molecule has 1 aromatic rings. The van der Waals surface area contributed by atoms with Gasteiger partial charge in [-0.3, -0.25) is 4.90 Å². The number of carbonyl (C=O) groups is 1. The molecule has 4 heteroatoms. The van der Waals surface area contributed by atoms with E-state index in [9.17, 15) is 9.90 Å². The van der Waals surface area contributed by atoms with Gasteiger partial charge in [-0.15, -0.1) is 0 Å². The van der Waals surface area contributed by atoms with Crippen LogP contribution < -0.4 is 5.32 Å². The van der Waals surface area contributed by atoms with E-state index in [4.69, 9.17) is 0 Å². The minimum absolute atomic E-state index is 0.431. The topological polar surface area (TPSA) is 52.6 Å². The maximum atomic E-state index is 11.3. The predicted molar refractivity (Wildman–Crippen MR) is 80.0 cm³/mol. The Labute approximate surface area is 120 Å². The Hall–Kier alpha value is -1.39. The quantitative estimate of drug-likeness (QED) is 0.837. The average Bonchev–Trinajstić information content (AvgIpc) is 2.47. The highest BCUT2D eigenvalue weighted by Gasteiger charge is 2.23. The number of nitrogens with one attached hydrogen (secondary N) is 1. The van der Waals surface area contributed by atoms with Crippen molar-refractivity contribution < 1.29 is 9.90 Å². The first-order valence-electron chi connectivity index (χ1n) is 7.48. The van der Waals surface area contributed by atoms with Crippen molar-refractivity contribution in [2.75, 3.05) is 19.6 Å². The smallest absolute Gasteiger partial charge is 0.336 e. The minimum Gasteiger partial charge on any atom is -0.478 e. The summed E-state index contributed by atoms with van der Waals surface area (Å²) >= 11 is 0. The minimum atomic E-state index is -0.833. The average molecular weight is 276 g/mol. The molecule has 20 heavy (non-hydrogen) atoms. The van der Waals surface area contributed by atoms with E-state index in [2.05, 4.69) is 17.1 Å². The number of unbranched alkanes of at least 4 members (excludes halogenated alkanes) is 1. The van der Waals surface area contributed by atoms with Crippen LogP contribution in [0.25, 0.3) is 0 Å². The van der Waals surface area contributed by atoms with E-state index in [0.29, 0.717) is 11.6 Å². The molecule has 0 amide bonds. The third kappa shape index (κ3) is 3.81. The Balaban J connectivity index is 2.08. The first kappa shape index (κ1) is 15.0. The van der Waals surface area contributed by atoms with Gasteiger partial charge in [-0.2, -0.15) is 0 Å². The molecule has 2 rings (SSSR count). The van der Waals surface area contributed by atoms with E-state index in [-0.39, 0.29) is 0 Å². The van der Waals surface area contributed by atoms with Gasteiger partial charge >= 0.3 is 5.97 Å². The van der Waals surface area contributed by atoms with Gasteiger partial charge in [0.25, 0.3) is 0 Å². The lowest BCUT2D eigenvalue weighted by Crippen LogP contribution is -2.50. The highest BCUT2D eigenvalue weighted by molar-refractivity contribution is 5.89. The van der Waals surface area contributed by atoms with Crippen LogP contribution >= 0.6 is 0 Å². The van der Waals surface area contributed by atoms with E-state index >= 15 is 0 Å². The van der Waals surface area contributed by atoms with Crippen LogP contribution in [0.15, 0.2) is 24.3 Å². The zero-order chi connectivity index (χ0) is 14.4. The van der Waals surface area contributed by atoms with Gasteiger partial charge in [-0.1, -0.05) is 38.0 Å². The van der Waals surface area contributed by atoms with E-state index in [1.807, 2.05) is 12.1 Å². The molecule has 0 unspecified atom stereocenters. The van der Waals surface area contributed by atoms with E-state index < -0.39 is 5.97 Å². The van der Waals surface area contributed by atoms with E-state index in [0.717, 1.165) is 31.7 Å². The molecule has 2 N–H and O–H groups in total. The van der Waals surface area contributed by atoms with Gasteiger partial charge < -0.3 is 10.4 Å². The highest BCUT2D eigenvalue weighted by atomic mass is 16.4. The summed E-state index contributed by atoms with van der Waals surface area (Å²) in [6.07, 6.45) is 3.61. The maximum Gasteiger partial charge on any atom is 0.336 e. The maximum absolute atomic E-state index is 11.3. The largest absolute Gasteiger partial charge is 0.478 e. The first-order valence-corrected chi connectivity index (χ1v) is 7.48. The summed E-state index contributed by atoms with van der Waals surface area (Å²) in [5, 5.41) is 12.7. The highest BCUT2D eigenvalue weighted by Crippen LogP contribution is 2.17. The van der Waals surface area contributed by atoms with Crippen molar-refractivity contribution in [1.29, 1.82) is 0 Å². The van der Waals surface area contributed by atoms with Crippen LogP contribution in [0, 0.1) is 0 Å². The molecule has 0 spiro atoms. The molecule has 4 nitrogen and oxygen atoms in total. The van der Waals surface area contributed by atoms with E-state index in [1.165, 1.54) is 19.3 Å². The number of carboxylic acids is 1. The Morgan fingerprint density at radius 2 is 2.25 bits per heavy atom. The first-order chi connectivity index (χ1) is 9.72. The van der Waals surface area contributed by atoms with Crippen LogP contribution in [0.1, 0.15) is 42.1 Å². The van der Waals surface area contributed by atoms with Crippen molar-refractivity contribution in [2.45, 2.75) is 38.8 Å². The normalized spacial score (nSPS) is 19.9. The van der Waals surface area contributed by atoms with Crippen molar-refractivity contribution in [2.24, 2.45) is 0 Å². The van der Waals surface area contributed by atoms with Crippen molar-refractivity contribution in [3.63, 3.8) is 0 Å². The number of benzene rings is 1. The molecule has 1 saturated heterocycles. The molecule has 0 bridgehead atoms. The summed E-state index contributed by atoms with van der Waals surface area (Å²) in [7, 11) is 0. The number of rotatable bonds is 6. The second-order valence-corrected chi connectivity index (χ2v) is 5.43. The van der Waals surface area contributed by atoms with Crippen LogP contribution in [-0.2, 0) is 6.54 Å². The lowest BCUT2D eigenvalue weighted by atomic mass is 10.0. The van der Waals surface area contributed by atoms with Crippen LogP contribution in [0.4, 0.5) is 0 Å². The summed E-state index contributed by atoms with van der Waals surface area (Å²) in [5.41, 5.74) is 1.35. The van der Waals surface area contributed by atoms with Crippen LogP contribution in [-0.4, -0.2) is 41.7 Å². The van der Waals surface area contributed by atoms with Gasteiger partial charge in [0.05, 0.1) is 5.56 Å². The molecule has 1 fully saturated rings. The Kier molecular flexibility index (Phi) is 5.56. The number of piperazine rings is 1. The summed E-state index contributed by atoms with van der Waals surface area (Å²) in [4.78, 5) is 13.7. The Bertz CT molecular complexity index is 448. The number of carboxylic acid groups (broad SMARTS) is 1. The fourth-order valence-electron chi connectivity index (χ4n) is 2.82. The summed E-state index contributed by atoms with van der Waals surface area (Å²) in [6, 6.07) is 7.86. The zero-order valence-electron chi connectivity index (χ0n) is 12.1. The lowest BCUT2D eigenvalue weighted by Gasteiger charge is -2.36. The molecule has 1 aliphatic heterocycles. The van der Waals surface area contributed by atoms with Crippen molar-refractivity contribution in [3.05, 3.63) is 35.4 Å². The number of aromatic carboxylic acids is 1. The summed E-state index contributed by atoms with van der Waals surface area (Å²) in [5.74, 6) is -0.833. The summed E-state index contributed by atoms with van der Waals surface area (Å²) < 4.78 is 0. The van der Waals surface area contributed by atoms with Gasteiger partial charge in [0, 0.05) is 32.2 Å². The van der Waals surface area contributed by atoms with E-state index in [1.54, 1.807) is 12.1 Å². The molecular formula is C16H24N2O2. The number of hydrogen-bond acceptors (Lipinski definition) is 3. The van der Waals surface area contributed by atoms with Crippen LogP contribution in [0.5, 0.6) is 0 Å². The molecule has 1 aromatic carbocycles. The molecular weight excluding hydrogens is 252 g/mol. The number of hydrogen-bond donors (Lipinski definition) is 2.